The summed E-state index contributed by atoms with van der Waals surface area (Å²) in [4.78, 5) is 0. The number of halogens is 1. The molecule has 1 aliphatic rings. The van der Waals surface area contributed by atoms with Gasteiger partial charge in [0.25, 0.3) is 0 Å². The van der Waals surface area contributed by atoms with Crippen molar-refractivity contribution in [2.45, 2.75) is 12.5 Å². The summed E-state index contributed by atoms with van der Waals surface area (Å²) in [5, 5.41) is 12.0. The van der Waals surface area contributed by atoms with Crippen molar-refractivity contribution in [1.29, 1.82) is 5.26 Å². The molecular weight excluding hydrogens is 228 g/mol. The van der Waals surface area contributed by atoms with Crippen LogP contribution in [0.4, 0.5) is 0 Å². The molecule has 1 atom stereocenters. The third-order valence-electron chi connectivity index (χ3n) is 2.34. The molecular formula is C10H9BrN2. The molecule has 0 bridgehead atoms. The van der Waals surface area contributed by atoms with Crippen molar-refractivity contribution in [2.24, 2.45) is 0 Å². The number of nitrogens with one attached hydrogen (secondary N) is 1. The number of nitrogens with zero attached hydrogens (tertiary/aromatic N) is 1. The summed E-state index contributed by atoms with van der Waals surface area (Å²) >= 11 is 3.38. The summed E-state index contributed by atoms with van der Waals surface area (Å²) in [6.45, 7) is 1.10. The van der Waals surface area contributed by atoms with Crippen molar-refractivity contribution in [1.82, 2.24) is 5.32 Å². The van der Waals surface area contributed by atoms with Gasteiger partial charge in [0.15, 0.2) is 0 Å². The van der Waals surface area contributed by atoms with E-state index in [4.69, 9.17) is 5.26 Å². The Morgan fingerprint density at radius 2 is 2.31 bits per heavy atom. The predicted molar refractivity (Wildman–Crippen MR) is 54.2 cm³/mol. The Labute approximate surface area is 85.7 Å². The highest BCUT2D eigenvalue weighted by Crippen LogP contribution is 2.26. The van der Waals surface area contributed by atoms with Crippen LogP contribution in [0.15, 0.2) is 22.7 Å². The van der Waals surface area contributed by atoms with Gasteiger partial charge in [-0.25, -0.2) is 0 Å². The molecule has 1 aromatic carbocycles. The van der Waals surface area contributed by atoms with E-state index in [1.807, 2.05) is 18.2 Å². The molecule has 0 spiro atoms. The van der Waals surface area contributed by atoms with E-state index < -0.39 is 0 Å². The Morgan fingerprint density at radius 3 is 2.77 bits per heavy atom. The van der Waals surface area contributed by atoms with Gasteiger partial charge in [0.2, 0.25) is 0 Å². The van der Waals surface area contributed by atoms with E-state index in [1.165, 1.54) is 12.0 Å². The molecule has 0 unspecified atom stereocenters. The second-order valence-electron chi connectivity index (χ2n) is 3.15. The van der Waals surface area contributed by atoms with Gasteiger partial charge in [-0.15, -0.1) is 0 Å². The van der Waals surface area contributed by atoms with E-state index in [2.05, 4.69) is 27.3 Å². The minimum atomic E-state index is 0.490. The number of benzene rings is 1. The largest absolute Gasteiger partial charge is 0.310 e. The van der Waals surface area contributed by atoms with Crippen molar-refractivity contribution in [3.63, 3.8) is 0 Å². The number of hydrogen-bond acceptors (Lipinski definition) is 2. The molecule has 1 fully saturated rings. The second-order valence-corrected chi connectivity index (χ2v) is 4.00. The van der Waals surface area contributed by atoms with Gasteiger partial charge in [-0.3, -0.25) is 0 Å². The van der Waals surface area contributed by atoms with E-state index in [9.17, 15) is 0 Å². The lowest BCUT2D eigenvalue weighted by molar-refractivity contribution is 0.383. The number of rotatable bonds is 1. The summed E-state index contributed by atoms with van der Waals surface area (Å²) < 4.78 is 0.890. The average Bonchev–Trinajstić information content (AvgIpc) is 2.01. The van der Waals surface area contributed by atoms with Crippen LogP contribution in [-0.2, 0) is 0 Å². The first-order valence-electron chi connectivity index (χ1n) is 4.24. The molecule has 66 valence electrons. The van der Waals surface area contributed by atoms with Crippen LogP contribution >= 0.6 is 15.9 Å². The average molecular weight is 237 g/mol. The lowest BCUT2D eigenvalue weighted by atomic mass is 9.97. The summed E-state index contributed by atoms with van der Waals surface area (Å²) in [6, 6.07) is 8.52. The van der Waals surface area contributed by atoms with Crippen LogP contribution in [0, 0.1) is 11.3 Å². The van der Waals surface area contributed by atoms with Gasteiger partial charge < -0.3 is 5.32 Å². The first-order chi connectivity index (χ1) is 6.31. The van der Waals surface area contributed by atoms with Crippen LogP contribution in [0.2, 0.25) is 0 Å². The SMILES string of the molecule is N#Cc1ccc([C@H]2CCN2)cc1Br. The second kappa shape index (κ2) is 3.49. The summed E-state index contributed by atoms with van der Waals surface area (Å²) in [5.74, 6) is 0. The zero-order chi connectivity index (χ0) is 9.26. The van der Waals surface area contributed by atoms with Gasteiger partial charge >= 0.3 is 0 Å². The Hall–Kier alpha value is -0.850. The molecule has 1 aromatic rings. The van der Waals surface area contributed by atoms with E-state index in [-0.39, 0.29) is 0 Å². The van der Waals surface area contributed by atoms with Crippen molar-refractivity contribution in [3.05, 3.63) is 33.8 Å². The van der Waals surface area contributed by atoms with Gasteiger partial charge in [-0.05, 0) is 46.6 Å². The first kappa shape index (κ1) is 8.74. The van der Waals surface area contributed by atoms with Crippen LogP contribution < -0.4 is 5.32 Å². The number of nitriles is 1. The Kier molecular flexibility index (Phi) is 2.34. The smallest absolute Gasteiger partial charge is 0.100 e. The van der Waals surface area contributed by atoms with Gasteiger partial charge in [0, 0.05) is 10.5 Å². The van der Waals surface area contributed by atoms with E-state index >= 15 is 0 Å². The molecule has 2 rings (SSSR count). The minimum absolute atomic E-state index is 0.490. The Bertz CT molecular complexity index is 364. The van der Waals surface area contributed by atoms with E-state index in [0.717, 1.165) is 11.0 Å². The zero-order valence-corrected chi connectivity index (χ0v) is 8.63. The molecule has 2 nitrogen and oxygen atoms in total. The van der Waals surface area contributed by atoms with Gasteiger partial charge in [-0.2, -0.15) is 5.26 Å². The fraction of sp³-hybridized carbons (Fsp3) is 0.300. The first-order valence-corrected chi connectivity index (χ1v) is 5.03. The van der Waals surface area contributed by atoms with Gasteiger partial charge in [0.05, 0.1) is 5.56 Å². The molecule has 0 aromatic heterocycles. The van der Waals surface area contributed by atoms with Crippen LogP contribution in [-0.4, -0.2) is 6.54 Å². The van der Waals surface area contributed by atoms with Crippen molar-refractivity contribution < 1.29 is 0 Å². The molecule has 0 amide bonds. The third kappa shape index (κ3) is 1.60. The lowest BCUT2D eigenvalue weighted by Gasteiger charge is -2.28. The molecule has 1 aliphatic heterocycles. The van der Waals surface area contributed by atoms with Crippen LogP contribution in [0.5, 0.6) is 0 Å². The summed E-state index contributed by atoms with van der Waals surface area (Å²) in [6.07, 6.45) is 1.19. The molecule has 1 saturated heterocycles. The molecule has 0 radical (unpaired) electrons. The normalized spacial score (nSPS) is 20.5. The van der Waals surface area contributed by atoms with Crippen molar-refractivity contribution >= 4 is 15.9 Å². The standard InChI is InChI=1S/C10H9BrN2/c11-9-5-7(10-3-4-13-10)1-2-8(9)6-12/h1-2,5,10,13H,3-4H2/t10-/m1/s1. The highest BCUT2D eigenvalue weighted by molar-refractivity contribution is 9.10. The molecule has 1 heterocycles. The highest BCUT2D eigenvalue weighted by Gasteiger charge is 2.18. The fourth-order valence-corrected chi connectivity index (χ4v) is 1.90. The minimum Gasteiger partial charge on any atom is -0.310 e. The van der Waals surface area contributed by atoms with Crippen molar-refractivity contribution in [2.75, 3.05) is 6.54 Å². The monoisotopic (exact) mass is 236 g/mol. The highest BCUT2D eigenvalue weighted by atomic mass is 79.9. The maximum Gasteiger partial charge on any atom is 0.100 e. The molecule has 0 aliphatic carbocycles. The molecule has 1 N–H and O–H groups in total. The summed E-state index contributed by atoms with van der Waals surface area (Å²) in [7, 11) is 0. The topological polar surface area (TPSA) is 35.8 Å². The van der Waals surface area contributed by atoms with Crippen LogP contribution in [0.3, 0.4) is 0 Å². The maximum atomic E-state index is 8.72. The van der Waals surface area contributed by atoms with Gasteiger partial charge in [0.1, 0.15) is 6.07 Å². The van der Waals surface area contributed by atoms with E-state index in [0.29, 0.717) is 11.6 Å². The third-order valence-corrected chi connectivity index (χ3v) is 3.00. The zero-order valence-electron chi connectivity index (χ0n) is 7.05. The number of hydrogen-bond donors (Lipinski definition) is 1. The van der Waals surface area contributed by atoms with Gasteiger partial charge in [-0.1, -0.05) is 6.07 Å². The molecule has 13 heavy (non-hydrogen) atoms. The molecule has 3 heteroatoms. The quantitative estimate of drug-likeness (QED) is 0.813. The maximum absolute atomic E-state index is 8.72. The van der Waals surface area contributed by atoms with Crippen LogP contribution in [0.1, 0.15) is 23.6 Å². The van der Waals surface area contributed by atoms with Crippen LogP contribution in [0.25, 0.3) is 0 Å². The van der Waals surface area contributed by atoms with E-state index in [1.54, 1.807) is 0 Å². The lowest BCUT2D eigenvalue weighted by Crippen LogP contribution is -2.34. The fourth-order valence-electron chi connectivity index (χ4n) is 1.41. The summed E-state index contributed by atoms with van der Waals surface area (Å²) in [5.41, 5.74) is 1.96. The Balaban J connectivity index is 2.30. The Morgan fingerprint density at radius 1 is 1.54 bits per heavy atom. The predicted octanol–water partition coefficient (Wildman–Crippen LogP) is 2.36. The van der Waals surface area contributed by atoms with Crippen molar-refractivity contribution in [3.8, 4) is 6.07 Å². The molecule has 0 saturated carbocycles.